The lowest BCUT2D eigenvalue weighted by Gasteiger charge is -2.49. The van der Waals surface area contributed by atoms with E-state index in [9.17, 15) is 9.59 Å². The van der Waals surface area contributed by atoms with Crippen LogP contribution in [0.1, 0.15) is 44.2 Å². The fourth-order valence-electron chi connectivity index (χ4n) is 4.47. The molecular formula is C20H23NO4. The van der Waals surface area contributed by atoms with Crippen molar-refractivity contribution < 1.29 is 19.1 Å². The predicted molar refractivity (Wildman–Crippen MR) is 91.4 cm³/mol. The monoisotopic (exact) mass is 341 g/mol. The van der Waals surface area contributed by atoms with E-state index in [1.165, 1.54) is 0 Å². The minimum absolute atomic E-state index is 0.0472. The second-order valence-corrected chi connectivity index (χ2v) is 6.90. The number of carbonyl (C=O) groups is 2. The molecule has 1 aromatic carbocycles. The molecule has 0 saturated carbocycles. The Kier molecular flexibility index (Phi) is 4.12. The van der Waals surface area contributed by atoms with Crippen LogP contribution in [0.15, 0.2) is 42.0 Å². The maximum Gasteiger partial charge on any atom is 0.333 e. The van der Waals surface area contributed by atoms with E-state index in [1.54, 1.807) is 0 Å². The molecule has 25 heavy (non-hydrogen) atoms. The highest BCUT2D eigenvalue weighted by atomic mass is 16.5. The zero-order valence-corrected chi connectivity index (χ0v) is 14.4. The molecule has 5 nitrogen and oxygen atoms in total. The van der Waals surface area contributed by atoms with Crippen LogP contribution < -0.4 is 0 Å². The number of nitrogens with zero attached hydrogens (tertiary/aromatic N) is 1. The van der Waals surface area contributed by atoms with E-state index in [0.29, 0.717) is 32.5 Å². The van der Waals surface area contributed by atoms with Crippen LogP contribution >= 0.6 is 0 Å². The molecule has 1 spiro atoms. The van der Waals surface area contributed by atoms with Crippen molar-refractivity contribution in [2.75, 3.05) is 13.2 Å². The number of esters is 1. The third kappa shape index (κ3) is 2.58. The first kappa shape index (κ1) is 16.3. The molecule has 3 aliphatic rings. The summed E-state index contributed by atoms with van der Waals surface area (Å²) in [6.07, 6.45) is 4.44. The van der Waals surface area contributed by atoms with Crippen molar-refractivity contribution >= 4 is 11.9 Å². The molecule has 0 aromatic heterocycles. The second kappa shape index (κ2) is 6.30. The Morgan fingerprint density at radius 3 is 2.88 bits per heavy atom. The molecule has 3 atom stereocenters. The number of hydrogen-bond donors (Lipinski definition) is 0. The maximum absolute atomic E-state index is 12.8. The molecule has 0 unspecified atom stereocenters. The molecule has 0 N–H and O–H groups in total. The third-order valence-corrected chi connectivity index (χ3v) is 5.60. The second-order valence-electron chi connectivity index (χ2n) is 6.90. The highest BCUT2D eigenvalue weighted by molar-refractivity contribution is 5.89. The minimum Gasteiger partial charge on any atom is -0.463 e. The standard InChI is InChI=1S/C20H23NO4/c1-2-24-19(23)15-10-11-20-16(12-15)8-9-18(22)21(20)17(13-25-20)14-6-4-3-5-7-14/h3-7,12,16-17H,2,8-11,13H2,1H3/t16-,17-,20-/m0/s1. The topological polar surface area (TPSA) is 55.8 Å². The Morgan fingerprint density at radius 2 is 2.12 bits per heavy atom. The van der Waals surface area contributed by atoms with E-state index < -0.39 is 5.72 Å². The van der Waals surface area contributed by atoms with Gasteiger partial charge in [-0.15, -0.1) is 0 Å². The summed E-state index contributed by atoms with van der Waals surface area (Å²) in [6, 6.07) is 10.0. The molecule has 1 aliphatic carbocycles. The number of ether oxygens (including phenoxy) is 2. The minimum atomic E-state index is -0.605. The molecule has 1 aromatic rings. The Balaban J connectivity index is 1.66. The van der Waals surface area contributed by atoms with Gasteiger partial charge in [0, 0.05) is 24.3 Å². The first-order valence-corrected chi connectivity index (χ1v) is 9.04. The number of piperidine rings is 1. The summed E-state index contributed by atoms with van der Waals surface area (Å²) in [5.74, 6) is -0.0407. The smallest absolute Gasteiger partial charge is 0.333 e. The van der Waals surface area contributed by atoms with Crippen LogP contribution in [0.25, 0.3) is 0 Å². The zero-order valence-electron chi connectivity index (χ0n) is 14.4. The van der Waals surface area contributed by atoms with E-state index >= 15 is 0 Å². The summed E-state index contributed by atoms with van der Waals surface area (Å²) in [5.41, 5.74) is 1.22. The Morgan fingerprint density at radius 1 is 1.32 bits per heavy atom. The molecule has 0 bridgehead atoms. The Hall–Kier alpha value is -2.14. The fraction of sp³-hybridized carbons (Fsp3) is 0.500. The van der Waals surface area contributed by atoms with Gasteiger partial charge in [-0.1, -0.05) is 36.4 Å². The first-order valence-electron chi connectivity index (χ1n) is 9.04. The number of carbonyl (C=O) groups excluding carboxylic acids is 2. The van der Waals surface area contributed by atoms with Gasteiger partial charge < -0.3 is 14.4 Å². The summed E-state index contributed by atoms with van der Waals surface area (Å²) in [7, 11) is 0. The van der Waals surface area contributed by atoms with Gasteiger partial charge in [-0.05, 0) is 25.3 Å². The van der Waals surface area contributed by atoms with Crippen LogP contribution in [-0.2, 0) is 19.1 Å². The molecule has 2 heterocycles. The fourth-order valence-corrected chi connectivity index (χ4v) is 4.47. The Labute approximate surface area is 147 Å². The van der Waals surface area contributed by atoms with Crippen LogP contribution in [0.2, 0.25) is 0 Å². The van der Waals surface area contributed by atoms with E-state index in [2.05, 4.69) is 0 Å². The average molecular weight is 341 g/mol. The third-order valence-electron chi connectivity index (χ3n) is 5.60. The van der Waals surface area contributed by atoms with Crippen molar-refractivity contribution in [3.8, 4) is 0 Å². The Bertz CT molecular complexity index is 714. The van der Waals surface area contributed by atoms with Crippen molar-refractivity contribution in [2.45, 2.75) is 44.4 Å². The maximum atomic E-state index is 12.8. The van der Waals surface area contributed by atoms with Crippen LogP contribution in [-0.4, -0.2) is 35.7 Å². The SMILES string of the molecule is CCOC(=O)C1=C[C@@H]2CCC(=O)N3[C@H](c4ccccc4)CO[C@@]23CC1. The van der Waals surface area contributed by atoms with Crippen LogP contribution in [0.5, 0.6) is 0 Å². The number of hydrogen-bond acceptors (Lipinski definition) is 4. The molecule has 132 valence electrons. The normalized spacial score (nSPS) is 31.2. The van der Waals surface area contributed by atoms with Crippen molar-refractivity contribution in [1.29, 1.82) is 0 Å². The summed E-state index contributed by atoms with van der Waals surface area (Å²) < 4.78 is 11.4. The summed E-state index contributed by atoms with van der Waals surface area (Å²) >= 11 is 0. The quantitative estimate of drug-likeness (QED) is 0.793. The summed E-state index contributed by atoms with van der Waals surface area (Å²) in [4.78, 5) is 26.8. The van der Waals surface area contributed by atoms with Gasteiger partial charge in [-0.3, -0.25) is 4.79 Å². The van der Waals surface area contributed by atoms with E-state index in [4.69, 9.17) is 9.47 Å². The van der Waals surface area contributed by atoms with Gasteiger partial charge in [0.25, 0.3) is 0 Å². The molecule has 1 amide bonds. The van der Waals surface area contributed by atoms with Gasteiger partial charge in [0.05, 0.1) is 19.3 Å². The van der Waals surface area contributed by atoms with Gasteiger partial charge in [-0.25, -0.2) is 4.79 Å². The molecule has 2 saturated heterocycles. The molecule has 0 radical (unpaired) electrons. The highest BCUT2D eigenvalue weighted by Crippen LogP contribution is 2.51. The molecular weight excluding hydrogens is 318 g/mol. The lowest BCUT2D eigenvalue weighted by atomic mass is 9.76. The van der Waals surface area contributed by atoms with E-state index in [-0.39, 0.29) is 23.8 Å². The van der Waals surface area contributed by atoms with Crippen molar-refractivity contribution in [3.05, 3.63) is 47.5 Å². The molecule has 2 fully saturated rings. The number of benzene rings is 1. The lowest BCUT2D eigenvalue weighted by Crippen LogP contribution is -2.58. The van der Waals surface area contributed by atoms with Gasteiger partial charge >= 0.3 is 5.97 Å². The van der Waals surface area contributed by atoms with Gasteiger partial charge in [-0.2, -0.15) is 0 Å². The molecule has 5 heteroatoms. The van der Waals surface area contributed by atoms with Gasteiger partial charge in [0.2, 0.25) is 5.91 Å². The van der Waals surface area contributed by atoms with Crippen molar-refractivity contribution in [3.63, 3.8) is 0 Å². The lowest BCUT2D eigenvalue weighted by molar-refractivity contribution is -0.174. The van der Waals surface area contributed by atoms with Crippen LogP contribution in [0.4, 0.5) is 0 Å². The summed E-state index contributed by atoms with van der Waals surface area (Å²) in [5, 5.41) is 0. The highest BCUT2D eigenvalue weighted by Gasteiger charge is 2.57. The van der Waals surface area contributed by atoms with Crippen LogP contribution in [0.3, 0.4) is 0 Å². The van der Waals surface area contributed by atoms with E-state index in [0.717, 1.165) is 17.6 Å². The van der Waals surface area contributed by atoms with Crippen molar-refractivity contribution in [1.82, 2.24) is 4.90 Å². The van der Waals surface area contributed by atoms with Crippen molar-refractivity contribution in [2.24, 2.45) is 5.92 Å². The van der Waals surface area contributed by atoms with Gasteiger partial charge in [0.1, 0.15) is 0 Å². The number of amides is 1. The largest absolute Gasteiger partial charge is 0.463 e. The van der Waals surface area contributed by atoms with Crippen LogP contribution in [0, 0.1) is 5.92 Å². The van der Waals surface area contributed by atoms with Gasteiger partial charge in [0.15, 0.2) is 5.72 Å². The number of rotatable bonds is 3. The molecule has 2 aliphatic heterocycles. The molecule has 4 rings (SSSR count). The predicted octanol–water partition coefficient (Wildman–Crippen LogP) is 2.98. The summed E-state index contributed by atoms with van der Waals surface area (Å²) in [6.45, 7) is 2.70. The first-order chi connectivity index (χ1) is 12.2. The average Bonchev–Trinajstić information content (AvgIpc) is 3.03. The zero-order chi connectivity index (χ0) is 17.4. The van der Waals surface area contributed by atoms with E-state index in [1.807, 2.05) is 48.2 Å².